The highest BCUT2D eigenvalue weighted by atomic mass is 32.2. The first kappa shape index (κ1) is 16.9. The molecule has 1 saturated heterocycles. The highest BCUT2D eigenvalue weighted by Crippen LogP contribution is 2.43. The van der Waals surface area contributed by atoms with Crippen LogP contribution in [0.3, 0.4) is 0 Å². The first-order valence-corrected chi connectivity index (χ1v) is 9.30. The molecule has 1 aliphatic carbocycles. The van der Waals surface area contributed by atoms with Crippen LogP contribution in [-0.2, 0) is 9.59 Å². The number of nitrogens with one attached hydrogen (secondary N) is 2. The van der Waals surface area contributed by atoms with Gasteiger partial charge in [-0.25, -0.2) is 0 Å². The number of likely N-dealkylation sites (N-methyl/N-ethyl adjacent to an activating group) is 1. The topological polar surface area (TPSA) is 84.2 Å². The lowest BCUT2D eigenvalue weighted by Crippen LogP contribution is -2.56. The zero-order valence-electron chi connectivity index (χ0n) is 12.5. The Kier molecular flexibility index (Phi) is 5.40. The quantitative estimate of drug-likeness (QED) is 0.684. The Balaban J connectivity index is 2.08. The van der Waals surface area contributed by atoms with E-state index >= 15 is 0 Å². The van der Waals surface area contributed by atoms with Gasteiger partial charge in [0, 0.05) is 10.7 Å². The van der Waals surface area contributed by atoms with E-state index in [0.29, 0.717) is 0 Å². The van der Waals surface area contributed by atoms with Crippen LogP contribution in [0.2, 0.25) is 0 Å². The van der Waals surface area contributed by atoms with Gasteiger partial charge in [0.2, 0.25) is 5.91 Å². The molecule has 0 aromatic rings. The largest absolute Gasteiger partial charge is 0.367 e. The number of fused-ring (bicyclic) bond motifs is 1. The van der Waals surface area contributed by atoms with Crippen molar-refractivity contribution in [2.75, 3.05) is 30.9 Å². The molecule has 1 aliphatic heterocycles. The molecule has 1 fully saturated rings. The maximum Gasteiger partial charge on any atom is 0.246 e. The standard InChI is InChI=1S/C14H23N3O2S2/c1-13(16-2)9-20-5-3-4-6-21-11-7-14(11,12(15)19)17-8-10(13)18/h7,16-17H,3-6,8-9H2,1-2H3,(H2,15,19). The van der Waals surface area contributed by atoms with E-state index in [2.05, 4.69) is 10.6 Å². The predicted molar refractivity (Wildman–Crippen MR) is 89.5 cm³/mol. The fraction of sp³-hybridized carbons (Fsp3) is 0.714. The molecule has 0 aromatic carbocycles. The van der Waals surface area contributed by atoms with E-state index in [1.54, 1.807) is 30.6 Å². The smallest absolute Gasteiger partial charge is 0.246 e. The third-order valence-electron chi connectivity index (χ3n) is 4.07. The molecule has 0 spiro atoms. The molecular formula is C14H23N3O2S2. The third-order valence-corrected chi connectivity index (χ3v) is 6.67. The van der Waals surface area contributed by atoms with Crippen LogP contribution in [-0.4, -0.2) is 53.6 Å². The van der Waals surface area contributed by atoms with E-state index in [-0.39, 0.29) is 12.3 Å². The van der Waals surface area contributed by atoms with E-state index in [4.69, 9.17) is 5.73 Å². The summed E-state index contributed by atoms with van der Waals surface area (Å²) in [4.78, 5) is 25.1. The summed E-state index contributed by atoms with van der Waals surface area (Å²) in [6.45, 7) is 2.05. The van der Waals surface area contributed by atoms with Crippen molar-refractivity contribution >= 4 is 35.2 Å². The number of nitrogens with two attached hydrogens (primary N) is 1. The number of hydrogen-bond donors (Lipinski definition) is 3. The van der Waals surface area contributed by atoms with Gasteiger partial charge in [0.05, 0.1) is 12.1 Å². The molecule has 1 heterocycles. The monoisotopic (exact) mass is 329 g/mol. The average Bonchev–Trinajstić information content (AvgIpc) is 3.17. The van der Waals surface area contributed by atoms with Crippen LogP contribution in [0, 0.1) is 0 Å². The highest BCUT2D eigenvalue weighted by molar-refractivity contribution is 8.03. The minimum absolute atomic E-state index is 0.0574. The Bertz CT molecular complexity index is 469. The zero-order chi connectivity index (χ0) is 15.5. The molecule has 0 bridgehead atoms. The molecule has 0 saturated carbocycles. The van der Waals surface area contributed by atoms with Crippen LogP contribution >= 0.6 is 23.5 Å². The van der Waals surface area contributed by atoms with Crippen LogP contribution in [0.4, 0.5) is 0 Å². The third kappa shape index (κ3) is 3.64. The maximum atomic E-state index is 12.5. The lowest BCUT2D eigenvalue weighted by atomic mass is 9.98. The summed E-state index contributed by atoms with van der Waals surface area (Å²) in [5.74, 6) is 2.41. The number of carbonyl (C=O) groups is 2. The molecule has 2 unspecified atom stereocenters. The minimum Gasteiger partial charge on any atom is -0.367 e. The van der Waals surface area contributed by atoms with E-state index in [1.807, 2.05) is 13.0 Å². The number of hydrogen-bond acceptors (Lipinski definition) is 6. The number of thioether (sulfide) groups is 2. The van der Waals surface area contributed by atoms with Gasteiger partial charge in [0.15, 0.2) is 5.78 Å². The molecule has 2 rings (SSSR count). The van der Waals surface area contributed by atoms with E-state index in [1.165, 1.54) is 0 Å². The molecule has 2 atom stereocenters. The second kappa shape index (κ2) is 6.73. The Morgan fingerprint density at radius 1 is 1.43 bits per heavy atom. The first-order chi connectivity index (χ1) is 9.94. The van der Waals surface area contributed by atoms with Gasteiger partial charge in [-0.15, -0.1) is 11.8 Å². The summed E-state index contributed by atoms with van der Waals surface area (Å²) in [6.07, 6.45) is 4.06. The van der Waals surface area contributed by atoms with Gasteiger partial charge in [-0.05, 0) is 44.4 Å². The van der Waals surface area contributed by atoms with Gasteiger partial charge in [-0.3, -0.25) is 14.9 Å². The number of ketones is 1. The lowest BCUT2D eigenvalue weighted by Gasteiger charge is -2.28. The van der Waals surface area contributed by atoms with Gasteiger partial charge < -0.3 is 11.1 Å². The van der Waals surface area contributed by atoms with Crippen molar-refractivity contribution < 1.29 is 9.59 Å². The summed E-state index contributed by atoms with van der Waals surface area (Å²) in [6, 6.07) is 0. The van der Waals surface area contributed by atoms with Crippen molar-refractivity contribution in [3.8, 4) is 0 Å². The first-order valence-electron chi connectivity index (χ1n) is 7.16. The number of rotatable bonds is 2. The van der Waals surface area contributed by atoms with Crippen LogP contribution < -0.4 is 16.4 Å². The molecule has 7 heteroatoms. The Morgan fingerprint density at radius 3 is 2.81 bits per heavy atom. The van der Waals surface area contributed by atoms with Crippen LogP contribution in [0.1, 0.15) is 19.8 Å². The Hall–Kier alpha value is -0.500. The average molecular weight is 329 g/mol. The summed E-state index contributed by atoms with van der Waals surface area (Å²) >= 11 is 3.47. The van der Waals surface area contributed by atoms with E-state index in [0.717, 1.165) is 35.0 Å². The normalized spacial score (nSPS) is 34.8. The van der Waals surface area contributed by atoms with Crippen molar-refractivity contribution in [2.45, 2.75) is 30.8 Å². The number of Topliss-reactive ketones (excluding diaryl/α,β-unsaturated/α-hetero) is 1. The second-order valence-electron chi connectivity index (χ2n) is 5.65. The molecule has 118 valence electrons. The summed E-state index contributed by atoms with van der Waals surface area (Å²) < 4.78 is 0. The number of primary amides is 1. The molecule has 4 N–H and O–H groups in total. The van der Waals surface area contributed by atoms with E-state index in [9.17, 15) is 9.59 Å². The van der Waals surface area contributed by atoms with Gasteiger partial charge in [-0.1, -0.05) is 0 Å². The minimum atomic E-state index is -0.879. The maximum absolute atomic E-state index is 12.5. The lowest BCUT2D eigenvalue weighted by molar-refractivity contribution is -0.124. The zero-order valence-corrected chi connectivity index (χ0v) is 14.2. The summed E-state index contributed by atoms with van der Waals surface area (Å²) in [5.41, 5.74) is 4.05. The molecule has 0 aromatic heterocycles. The fourth-order valence-corrected chi connectivity index (χ4v) is 4.70. The molecule has 0 radical (unpaired) electrons. The Morgan fingerprint density at radius 2 is 2.14 bits per heavy atom. The van der Waals surface area contributed by atoms with Gasteiger partial charge in [-0.2, -0.15) is 11.8 Å². The number of carbonyl (C=O) groups excluding carboxylic acids is 2. The van der Waals surface area contributed by atoms with Gasteiger partial charge in [0.25, 0.3) is 0 Å². The second-order valence-corrected chi connectivity index (χ2v) is 7.89. The van der Waals surface area contributed by atoms with Crippen molar-refractivity contribution in [1.82, 2.24) is 10.6 Å². The van der Waals surface area contributed by atoms with Crippen LogP contribution in [0.25, 0.3) is 0 Å². The van der Waals surface area contributed by atoms with Gasteiger partial charge in [0.1, 0.15) is 5.54 Å². The van der Waals surface area contributed by atoms with Crippen molar-refractivity contribution in [2.24, 2.45) is 5.73 Å². The molecular weight excluding hydrogens is 306 g/mol. The van der Waals surface area contributed by atoms with Crippen molar-refractivity contribution in [3.05, 3.63) is 11.0 Å². The van der Waals surface area contributed by atoms with Crippen LogP contribution in [0.5, 0.6) is 0 Å². The SMILES string of the molecule is CNC1(C)CSCCCCSC2=CC2(C(N)=O)NCC1=O. The molecule has 21 heavy (non-hydrogen) atoms. The van der Waals surface area contributed by atoms with Crippen molar-refractivity contribution in [3.63, 3.8) is 0 Å². The van der Waals surface area contributed by atoms with Crippen LogP contribution in [0.15, 0.2) is 11.0 Å². The number of amides is 1. The molecule has 2 aliphatic rings. The van der Waals surface area contributed by atoms with Gasteiger partial charge >= 0.3 is 0 Å². The van der Waals surface area contributed by atoms with E-state index < -0.39 is 17.0 Å². The molecule has 1 amide bonds. The predicted octanol–water partition coefficient (Wildman–Crippen LogP) is 0.505. The van der Waals surface area contributed by atoms with Crippen molar-refractivity contribution in [1.29, 1.82) is 0 Å². The summed E-state index contributed by atoms with van der Waals surface area (Å²) in [5, 5.41) is 6.18. The summed E-state index contributed by atoms with van der Waals surface area (Å²) in [7, 11) is 1.80. The fourth-order valence-electron chi connectivity index (χ4n) is 2.21. The highest BCUT2D eigenvalue weighted by Gasteiger charge is 2.50. The molecule has 5 nitrogen and oxygen atoms in total. The Labute approximate surface area is 134 Å².